The summed E-state index contributed by atoms with van der Waals surface area (Å²) in [6.07, 6.45) is 0. The Labute approximate surface area is 139 Å². The molecule has 1 heterocycles. The minimum absolute atomic E-state index is 0.0812. The summed E-state index contributed by atoms with van der Waals surface area (Å²) < 4.78 is 0. The fourth-order valence-corrected chi connectivity index (χ4v) is 3.15. The first kappa shape index (κ1) is 15.2. The SMILES string of the molecule is Cc1ccc(C)c(C(=O)c2sc(Nc3ccccc3)nc2N)c1. The summed E-state index contributed by atoms with van der Waals surface area (Å²) >= 11 is 1.28. The number of hydrogen-bond acceptors (Lipinski definition) is 5. The lowest BCUT2D eigenvalue weighted by Gasteiger charge is -2.05. The summed E-state index contributed by atoms with van der Waals surface area (Å²) in [6.45, 7) is 3.89. The number of anilines is 3. The Hall–Kier alpha value is -2.66. The van der Waals surface area contributed by atoms with Crippen LogP contribution in [-0.2, 0) is 0 Å². The smallest absolute Gasteiger partial charge is 0.207 e. The van der Waals surface area contributed by atoms with Gasteiger partial charge in [-0.05, 0) is 37.6 Å². The lowest BCUT2D eigenvalue weighted by atomic mass is 10.0. The number of carbonyl (C=O) groups is 1. The van der Waals surface area contributed by atoms with E-state index >= 15 is 0 Å². The fourth-order valence-electron chi connectivity index (χ4n) is 2.30. The van der Waals surface area contributed by atoms with E-state index in [4.69, 9.17) is 5.73 Å². The van der Waals surface area contributed by atoms with Crippen molar-refractivity contribution in [1.29, 1.82) is 0 Å². The maximum absolute atomic E-state index is 12.8. The molecule has 0 saturated heterocycles. The van der Waals surface area contributed by atoms with E-state index in [0.29, 0.717) is 15.6 Å². The number of nitrogens with one attached hydrogen (secondary N) is 1. The van der Waals surface area contributed by atoms with Crippen LogP contribution in [0.4, 0.5) is 16.6 Å². The van der Waals surface area contributed by atoms with Gasteiger partial charge in [0, 0.05) is 11.3 Å². The van der Waals surface area contributed by atoms with Crippen LogP contribution in [0.5, 0.6) is 0 Å². The third kappa shape index (κ3) is 3.24. The van der Waals surface area contributed by atoms with Gasteiger partial charge in [0.1, 0.15) is 10.7 Å². The molecule has 23 heavy (non-hydrogen) atoms. The number of rotatable bonds is 4. The number of benzene rings is 2. The average molecular weight is 323 g/mol. The highest BCUT2D eigenvalue weighted by molar-refractivity contribution is 7.18. The normalized spacial score (nSPS) is 10.5. The summed E-state index contributed by atoms with van der Waals surface area (Å²) in [5, 5.41) is 3.79. The Bertz CT molecular complexity index is 856. The monoisotopic (exact) mass is 323 g/mol. The molecular formula is C18H17N3OS. The molecule has 0 aliphatic carbocycles. The second-order valence-electron chi connectivity index (χ2n) is 5.37. The van der Waals surface area contributed by atoms with E-state index in [2.05, 4.69) is 10.3 Å². The Balaban J connectivity index is 1.91. The molecule has 2 aromatic carbocycles. The highest BCUT2D eigenvalue weighted by Crippen LogP contribution is 2.30. The van der Waals surface area contributed by atoms with Gasteiger partial charge < -0.3 is 11.1 Å². The molecular weight excluding hydrogens is 306 g/mol. The van der Waals surface area contributed by atoms with Crippen molar-refractivity contribution in [3.8, 4) is 0 Å². The van der Waals surface area contributed by atoms with Crippen LogP contribution in [0, 0.1) is 13.8 Å². The molecule has 0 spiro atoms. The van der Waals surface area contributed by atoms with Crippen LogP contribution in [-0.4, -0.2) is 10.8 Å². The third-order valence-corrected chi connectivity index (χ3v) is 4.51. The fraction of sp³-hybridized carbons (Fsp3) is 0.111. The number of para-hydroxylation sites is 1. The number of aromatic nitrogens is 1. The Morgan fingerprint density at radius 1 is 1.13 bits per heavy atom. The molecule has 3 rings (SSSR count). The number of thiazole rings is 1. The zero-order valence-corrected chi connectivity index (χ0v) is 13.8. The van der Waals surface area contributed by atoms with Crippen molar-refractivity contribution in [2.24, 2.45) is 0 Å². The van der Waals surface area contributed by atoms with E-state index in [9.17, 15) is 4.79 Å². The van der Waals surface area contributed by atoms with Gasteiger partial charge in [0.05, 0.1) is 0 Å². The predicted octanol–water partition coefficient (Wildman–Crippen LogP) is 4.32. The van der Waals surface area contributed by atoms with Gasteiger partial charge in [-0.25, -0.2) is 4.98 Å². The first-order valence-corrected chi connectivity index (χ1v) is 8.06. The quantitative estimate of drug-likeness (QED) is 0.702. The summed E-state index contributed by atoms with van der Waals surface area (Å²) in [5.74, 6) is 0.182. The van der Waals surface area contributed by atoms with Crippen molar-refractivity contribution < 1.29 is 4.79 Å². The molecule has 4 nitrogen and oxygen atoms in total. The van der Waals surface area contributed by atoms with Crippen LogP contribution in [0.2, 0.25) is 0 Å². The van der Waals surface area contributed by atoms with Crippen molar-refractivity contribution in [3.63, 3.8) is 0 Å². The number of nitrogens with zero attached hydrogens (tertiary/aromatic N) is 1. The molecule has 116 valence electrons. The Morgan fingerprint density at radius 3 is 2.61 bits per heavy atom. The second kappa shape index (κ2) is 6.22. The van der Waals surface area contributed by atoms with Gasteiger partial charge in [-0.3, -0.25) is 4.79 Å². The minimum Gasteiger partial charge on any atom is -0.382 e. The molecule has 3 N–H and O–H groups in total. The first-order chi connectivity index (χ1) is 11.0. The van der Waals surface area contributed by atoms with E-state index in [0.717, 1.165) is 16.8 Å². The number of hydrogen-bond donors (Lipinski definition) is 2. The average Bonchev–Trinajstić information content (AvgIpc) is 2.90. The van der Waals surface area contributed by atoms with Crippen molar-refractivity contribution >= 4 is 33.8 Å². The molecule has 0 saturated carbocycles. The standard InChI is InChI=1S/C18H17N3OS/c1-11-8-9-12(2)14(10-11)15(22)16-17(19)21-18(23-16)20-13-6-4-3-5-7-13/h3-10H,19H2,1-2H3,(H,20,21). The van der Waals surface area contributed by atoms with E-state index in [-0.39, 0.29) is 11.6 Å². The summed E-state index contributed by atoms with van der Waals surface area (Å²) in [7, 11) is 0. The lowest BCUT2D eigenvalue weighted by molar-refractivity contribution is 0.104. The summed E-state index contributed by atoms with van der Waals surface area (Å²) in [4.78, 5) is 17.5. The maximum atomic E-state index is 12.8. The van der Waals surface area contributed by atoms with Crippen molar-refractivity contribution in [1.82, 2.24) is 4.98 Å². The number of nitrogen functional groups attached to an aromatic ring is 1. The highest BCUT2D eigenvalue weighted by atomic mass is 32.1. The van der Waals surface area contributed by atoms with Crippen LogP contribution in [0.1, 0.15) is 26.4 Å². The van der Waals surface area contributed by atoms with Crippen molar-refractivity contribution in [3.05, 3.63) is 70.1 Å². The molecule has 0 amide bonds. The van der Waals surface area contributed by atoms with Gasteiger partial charge in [-0.1, -0.05) is 47.2 Å². The summed E-state index contributed by atoms with van der Waals surface area (Å²) in [5.41, 5.74) is 9.52. The van der Waals surface area contributed by atoms with E-state index in [1.807, 2.05) is 62.4 Å². The number of nitrogens with two attached hydrogens (primary N) is 1. The molecule has 0 unspecified atom stereocenters. The molecule has 0 aliphatic heterocycles. The zero-order valence-electron chi connectivity index (χ0n) is 13.0. The first-order valence-electron chi connectivity index (χ1n) is 7.25. The molecule has 0 radical (unpaired) electrons. The number of carbonyl (C=O) groups excluding carboxylic acids is 1. The van der Waals surface area contributed by atoms with Gasteiger partial charge in [0.2, 0.25) is 5.78 Å². The van der Waals surface area contributed by atoms with Gasteiger partial charge in [0.15, 0.2) is 5.13 Å². The van der Waals surface area contributed by atoms with Crippen LogP contribution in [0.3, 0.4) is 0 Å². The molecule has 1 aromatic heterocycles. The topological polar surface area (TPSA) is 68.0 Å². The Morgan fingerprint density at radius 2 is 1.87 bits per heavy atom. The summed E-state index contributed by atoms with van der Waals surface area (Å²) in [6, 6.07) is 15.5. The maximum Gasteiger partial charge on any atom is 0.207 e. The molecule has 3 aromatic rings. The number of aryl methyl sites for hydroxylation is 2. The largest absolute Gasteiger partial charge is 0.382 e. The van der Waals surface area contributed by atoms with E-state index in [1.165, 1.54) is 11.3 Å². The highest BCUT2D eigenvalue weighted by Gasteiger charge is 2.19. The minimum atomic E-state index is -0.0812. The van der Waals surface area contributed by atoms with Gasteiger partial charge in [-0.15, -0.1) is 0 Å². The number of ketones is 1. The Kier molecular flexibility index (Phi) is 4.12. The second-order valence-corrected chi connectivity index (χ2v) is 6.37. The zero-order chi connectivity index (χ0) is 16.4. The van der Waals surface area contributed by atoms with Gasteiger partial charge in [-0.2, -0.15) is 0 Å². The van der Waals surface area contributed by atoms with E-state index in [1.54, 1.807) is 0 Å². The van der Waals surface area contributed by atoms with Gasteiger partial charge >= 0.3 is 0 Å². The van der Waals surface area contributed by atoms with Crippen molar-refractivity contribution in [2.75, 3.05) is 11.1 Å². The third-order valence-electron chi connectivity index (χ3n) is 3.52. The molecule has 0 bridgehead atoms. The molecule has 0 atom stereocenters. The molecule has 0 fully saturated rings. The van der Waals surface area contributed by atoms with Crippen LogP contribution < -0.4 is 11.1 Å². The van der Waals surface area contributed by atoms with Crippen LogP contribution >= 0.6 is 11.3 Å². The van der Waals surface area contributed by atoms with Gasteiger partial charge in [0.25, 0.3) is 0 Å². The van der Waals surface area contributed by atoms with Crippen LogP contribution in [0.25, 0.3) is 0 Å². The van der Waals surface area contributed by atoms with Crippen molar-refractivity contribution in [2.45, 2.75) is 13.8 Å². The molecule has 0 aliphatic rings. The molecule has 5 heteroatoms. The van der Waals surface area contributed by atoms with E-state index < -0.39 is 0 Å². The van der Waals surface area contributed by atoms with Crippen LogP contribution in [0.15, 0.2) is 48.5 Å². The lowest BCUT2D eigenvalue weighted by Crippen LogP contribution is -2.05. The predicted molar refractivity (Wildman–Crippen MR) is 95.6 cm³/mol.